The summed E-state index contributed by atoms with van der Waals surface area (Å²) in [4.78, 5) is 15.7. The highest BCUT2D eigenvalue weighted by molar-refractivity contribution is 5.92. The molecule has 1 amide bonds. The van der Waals surface area contributed by atoms with Crippen LogP contribution in [0.2, 0.25) is 0 Å². The zero-order valence-electron chi connectivity index (χ0n) is 9.59. The van der Waals surface area contributed by atoms with Crippen molar-refractivity contribution in [2.24, 2.45) is 5.92 Å². The summed E-state index contributed by atoms with van der Waals surface area (Å²) in [6, 6.07) is 3.64. The minimum Gasteiger partial charge on any atom is -0.326 e. The molecule has 3 nitrogen and oxygen atoms in total. The lowest BCUT2D eigenvalue weighted by Gasteiger charge is -2.20. The topological polar surface area (TPSA) is 42.0 Å². The van der Waals surface area contributed by atoms with Crippen LogP contribution < -0.4 is 5.32 Å². The second-order valence-electron chi connectivity index (χ2n) is 4.06. The highest BCUT2D eigenvalue weighted by atomic mass is 35.5. The van der Waals surface area contributed by atoms with Gasteiger partial charge in [0.15, 0.2) is 0 Å². The van der Waals surface area contributed by atoms with Gasteiger partial charge < -0.3 is 5.32 Å². The van der Waals surface area contributed by atoms with Crippen LogP contribution in [0, 0.1) is 5.92 Å². The molecule has 0 saturated heterocycles. The minimum atomic E-state index is 0. The molecule has 5 heteroatoms. The van der Waals surface area contributed by atoms with Crippen LogP contribution in [0.4, 0.5) is 5.69 Å². The molecule has 0 radical (unpaired) electrons. The molecule has 1 aromatic rings. The van der Waals surface area contributed by atoms with Crippen LogP contribution in [0.3, 0.4) is 0 Å². The monoisotopic (exact) mass is 276 g/mol. The number of nitrogens with zero attached hydrogens (tertiary/aromatic N) is 1. The van der Waals surface area contributed by atoms with Gasteiger partial charge in [-0.1, -0.05) is 19.3 Å². The van der Waals surface area contributed by atoms with Gasteiger partial charge in [0.2, 0.25) is 5.91 Å². The van der Waals surface area contributed by atoms with Crippen molar-refractivity contribution < 1.29 is 4.79 Å². The fourth-order valence-corrected chi connectivity index (χ4v) is 2.04. The first kappa shape index (κ1) is 16.2. The van der Waals surface area contributed by atoms with Crippen LogP contribution in [-0.4, -0.2) is 10.9 Å². The van der Waals surface area contributed by atoms with Crippen LogP contribution in [0.15, 0.2) is 24.5 Å². The van der Waals surface area contributed by atoms with Crippen molar-refractivity contribution in [2.75, 3.05) is 5.32 Å². The maximum absolute atomic E-state index is 11.8. The normalized spacial score (nSPS) is 15.3. The van der Waals surface area contributed by atoms with Crippen LogP contribution in [0.1, 0.15) is 32.1 Å². The van der Waals surface area contributed by atoms with Crippen molar-refractivity contribution >= 4 is 36.4 Å². The number of amides is 1. The number of nitrogens with one attached hydrogen (secondary N) is 1. The maximum Gasteiger partial charge on any atom is 0.227 e. The molecule has 0 aromatic carbocycles. The number of anilines is 1. The van der Waals surface area contributed by atoms with E-state index in [0.29, 0.717) is 0 Å². The number of pyridine rings is 1. The van der Waals surface area contributed by atoms with E-state index in [-0.39, 0.29) is 36.6 Å². The number of hydrogen-bond donors (Lipinski definition) is 1. The Hall–Kier alpha value is -0.800. The van der Waals surface area contributed by atoms with E-state index in [1.165, 1.54) is 19.3 Å². The van der Waals surface area contributed by atoms with E-state index in [4.69, 9.17) is 0 Å². The Labute approximate surface area is 114 Å². The Morgan fingerprint density at radius 2 is 1.71 bits per heavy atom. The van der Waals surface area contributed by atoms with Gasteiger partial charge in [0.05, 0.1) is 0 Å². The molecule has 1 aliphatic rings. The minimum absolute atomic E-state index is 0. The Kier molecular flexibility index (Phi) is 7.92. The van der Waals surface area contributed by atoms with Crippen LogP contribution >= 0.6 is 24.8 Å². The first-order valence-electron chi connectivity index (χ1n) is 5.57. The molecule has 0 aliphatic heterocycles. The predicted molar refractivity (Wildman–Crippen MR) is 73.9 cm³/mol. The van der Waals surface area contributed by atoms with Gasteiger partial charge in [-0.3, -0.25) is 9.78 Å². The van der Waals surface area contributed by atoms with E-state index < -0.39 is 0 Å². The number of halogens is 2. The van der Waals surface area contributed by atoms with Gasteiger partial charge in [-0.05, 0) is 25.0 Å². The summed E-state index contributed by atoms with van der Waals surface area (Å²) in [6.45, 7) is 0. The van der Waals surface area contributed by atoms with Crippen molar-refractivity contribution in [3.05, 3.63) is 24.5 Å². The molecule has 1 saturated carbocycles. The number of aromatic nitrogens is 1. The fourth-order valence-electron chi connectivity index (χ4n) is 2.04. The third-order valence-electron chi connectivity index (χ3n) is 2.92. The van der Waals surface area contributed by atoms with Gasteiger partial charge in [-0.15, -0.1) is 24.8 Å². The number of carbonyl (C=O) groups excluding carboxylic acids is 1. The molecule has 1 aromatic heterocycles. The second kappa shape index (κ2) is 8.31. The molecule has 1 N–H and O–H groups in total. The Bertz CT molecular complexity index is 327. The molecule has 17 heavy (non-hydrogen) atoms. The van der Waals surface area contributed by atoms with Gasteiger partial charge in [-0.25, -0.2) is 0 Å². The van der Waals surface area contributed by atoms with Gasteiger partial charge in [0.25, 0.3) is 0 Å². The van der Waals surface area contributed by atoms with Gasteiger partial charge >= 0.3 is 0 Å². The summed E-state index contributed by atoms with van der Waals surface area (Å²) in [5, 5.41) is 2.93. The molecular weight excluding hydrogens is 259 g/mol. The lowest BCUT2D eigenvalue weighted by Crippen LogP contribution is -2.24. The number of carbonyl (C=O) groups is 1. The first-order valence-corrected chi connectivity index (χ1v) is 5.57. The summed E-state index contributed by atoms with van der Waals surface area (Å²) in [6.07, 6.45) is 9.11. The van der Waals surface area contributed by atoms with Crippen molar-refractivity contribution in [1.29, 1.82) is 0 Å². The average Bonchev–Trinajstić information content (AvgIpc) is 2.31. The molecule has 0 bridgehead atoms. The molecule has 0 atom stereocenters. The quantitative estimate of drug-likeness (QED) is 0.899. The zero-order valence-corrected chi connectivity index (χ0v) is 11.2. The highest BCUT2D eigenvalue weighted by Gasteiger charge is 2.20. The van der Waals surface area contributed by atoms with Gasteiger partial charge in [0, 0.05) is 24.0 Å². The molecular formula is C12H18Cl2N2O. The Balaban J connectivity index is 0.00000128. The summed E-state index contributed by atoms with van der Waals surface area (Å²) in [5.41, 5.74) is 0.848. The zero-order chi connectivity index (χ0) is 10.5. The van der Waals surface area contributed by atoms with E-state index in [2.05, 4.69) is 10.3 Å². The van der Waals surface area contributed by atoms with Crippen LogP contribution in [0.5, 0.6) is 0 Å². The van der Waals surface area contributed by atoms with Gasteiger partial charge in [-0.2, -0.15) is 0 Å². The number of hydrogen-bond acceptors (Lipinski definition) is 2. The van der Waals surface area contributed by atoms with E-state index in [1.807, 2.05) is 12.1 Å². The van der Waals surface area contributed by atoms with Crippen molar-refractivity contribution in [1.82, 2.24) is 4.98 Å². The van der Waals surface area contributed by atoms with Crippen molar-refractivity contribution in [2.45, 2.75) is 32.1 Å². The molecule has 2 rings (SSSR count). The van der Waals surface area contributed by atoms with E-state index in [9.17, 15) is 4.79 Å². The maximum atomic E-state index is 11.8. The molecule has 1 fully saturated rings. The van der Waals surface area contributed by atoms with Crippen LogP contribution in [-0.2, 0) is 4.79 Å². The third-order valence-corrected chi connectivity index (χ3v) is 2.92. The third kappa shape index (κ3) is 4.92. The lowest BCUT2D eigenvalue weighted by molar-refractivity contribution is -0.120. The summed E-state index contributed by atoms with van der Waals surface area (Å²) in [7, 11) is 0. The molecule has 96 valence electrons. The Morgan fingerprint density at radius 3 is 2.29 bits per heavy atom. The first-order chi connectivity index (χ1) is 7.36. The smallest absolute Gasteiger partial charge is 0.227 e. The average molecular weight is 277 g/mol. The van der Waals surface area contributed by atoms with E-state index in [0.717, 1.165) is 18.5 Å². The largest absolute Gasteiger partial charge is 0.326 e. The summed E-state index contributed by atoms with van der Waals surface area (Å²) < 4.78 is 0. The molecule has 1 aliphatic carbocycles. The SMILES string of the molecule is Cl.Cl.O=C(Nc1ccncc1)C1CCCCC1. The van der Waals surface area contributed by atoms with Gasteiger partial charge in [0.1, 0.15) is 0 Å². The summed E-state index contributed by atoms with van der Waals surface area (Å²) >= 11 is 0. The van der Waals surface area contributed by atoms with Crippen molar-refractivity contribution in [3.63, 3.8) is 0 Å². The van der Waals surface area contributed by atoms with E-state index in [1.54, 1.807) is 12.4 Å². The molecule has 0 unspecified atom stereocenters. The Morgan fingerprint density at radius 1 is 1.12 bits per heavy atom. The number of rotatable bonds is 2. The second-order valence-corrected chi connectivity index (χ2v) is 4.06. The summed E-state index contributed by atoms with van der Waals surface area (Å²) in [5.74, 6) is 0.382. The standard InChI is InChI=1S/C12H16N2O.2ClH/c15-12(10-4-2-1-3-5-10)14-11-6-8-13-9-7-11;;/h6-10H,1-5H2,(H,13,14,15);2*1H. The lowest BCUT2D eigenvalue weighted by atomic mass is 9.88. The molecule has 1 heterocycles. The van der Waals surface area contributed by atoms with Crippen molar-refractivity contribution in [3.8, 4) is 0 Å². The van der Waals surface area contributed by atoms with E-state index >= 15 is 0 Å². The fraction of sp³-hybridized carbons (Fsp3) is 0.500. The molecule has 0 spiro atoms. The highest BCUT2D eigenvalue weighted by Crippen LogP contribution is 2.24. The van der Waals surface area contributed by atoms with Crippen LogP contribution in [0.25, 0.3) is 0 Å². The predicted octanol–water partition coefficient (Wildman–Crippen LogP) is 3.44.